The van der Waals surface area contributed by atoms with Crippen LogP contribution in [-0.4, -0.2) is 42.2 Å². The summed E-state index contributed by atoms with van der Waals surface area (Å²) in [7, 11) is 0. The van der Waals surface area contributed by atoms with Crippen molar-refractivity contribution in [2.24, 2.45) is 11.8 Å². The van der Waals surface area contributed by atoms with E-state index in [9.17, 15) is 4.79 Å². The number of thiazole rings is 1. The second-order valence-electron chi connectivity index (χ2n) is 9.32. The lowest BCUT2D eigenvalue weighted by molar-refractivity contribution is 0.0749. The Bertz CT molecular complexity index is 1310. The maximum absolute atomic E-state index is 13.0. The molecular formula is C25H26N6OS2. The molecule has 1 saturated carbocycles. The molecule has 1 aromatic carbocycles. The van der Waals surface area contributed by atoms with Crippen LogP contribution in [0.4, 0.5) is 0 Å². The third-order valence-electron chi connectivity index (χ3n) is 6.99. The molecule has 1 amide bonds. The van der Waals surface area contributed by atoms with Gasteiger partial charge in [0.25, 0.3) is 5.91 Å². The molecule has 6 rings (SSSR count). The van der Waals surface area contributed by atoms with Gasteiger partial charge in [-0.2, -0.15) is 5.10 Å². The highest BCUT2D eigenvalue weighted by atomic mass is 32.2. The summed E-state index contributed by atoms with van der Waals surface area (Å²) in [5.74, 6) is 2.33. The van der Waals surface area contributed by atoms with Crippen molar-refractivity contribution in [3.63, 3.8) is 0 Å². The van der Waals surface area contributed by atoms with Gasteiger partial charge in [-0.3, -0.25) is 9.89 Å². The molecule has 174 valence electrons. The summed E-state index contributed by atoms with van der Waals surface area (Å²) in [4.78, 5) is 29.9. The number of nitrogens with zero attached hydrogens (tertiary/aromatic N) is 5. The predicted octanol–water partition coefficient (Wildman–Crippen LogP) is 4.89. The highest BCUT2D eigenvalue weighted by Crippen LogP contribution is 2.36. The minimum Gasteiger partial charge on any atom is -0.328 e. The number of carbonyl (C=O) groups is 1. The molecule has 4 heterocycles. The highest BCUT2D eigenvalue weighted by molar-refractivity contribution is 7.98. The fourth-order valence-corrected chi connectivity index (χ4v) is 6.63. The van der Waals surface area contributed by atoms with Gasteiger partial charge in [-0.1, -0.05) is 0 Å². The topological polar surface area (TPSA) is 87.7 Å². The van der Waals surface area contributed by atoms with E-state index >= 15 is 0 Å². The zero-order chi connectivity index (χ0) is 23.1. The van der Waals surface area contributed by atoms with Crippen LogP contribution in [-0.2, 0) is 25.9 Å². The Morgan fingerprint density at radius 3 is 2.76 bits per heavy atom. The number of carbonyl (C=O) groups excluding carboxylic acids is 1. The van der Waals surface area contributed by atoms with Crippen LogP contribution in [0.25, 0.3) is 10.2 Å². The van der Waals surface area contributed by atoms with E-state index in [2.05, 4.69) is 20.2 Å². The van der Waals surface area contributed by atoms with Gasteiger partial charge in [0.2, 0.25) is 0 Å². The van der Waals surface area contributed by atoms with Crippen LogP contribution in [0.1, 0.15) is 51.7 Å². The standard InChI is InChI=1S/C25H26N6OS2/c1-33-19-11-26-23(27-12-19)7-15-2-3-16(6-15)8-24-29-20-5-4-17(9-22(20)34-24)25(32)31-13-18-10-28-30-21(18)14-31/h4-5,9-12,15-16H,2-3,6-8,13-14H2,1H3,(H,28,30)/t15-,16-/m0/s1. The number of H-pyrrole nitrogens is 1. The number of rotatable bonds is 6. The lowest BCUT2D eigenvalue weighted by atomic mass is 9.99. The smallest absolute Gasteiger partial charge is 0.254 e. The molecule has 7 nitrogen and oxygen atoms in total. The monoisotopic (exact) mass is 490 g/mol. The summed E-state index contributed by atoms with van der Waals surface area (Å²) in [6.45, 7) is 1.21. The first-order valence-corrected chi connectivity index (χ1v) is 13.7. The maximum atomic E-state index is 13.0. The van der Waals surface area contributed by atoms with Gasteiger partial charge in [0, 0.05) is 47.8 Å². The Labute approximate surface area is 206 Å². The van der Waals surface area contributed by atoms with Gasteiger partial charge in [0.1, 0.15) is 5.82 Å². The molecule has 2 atom stereocenters. The van der Waals surface area contributed by atoms with E-state index in [1.54, 1.807) is 23.1 Å². The van der Waals surface area contributed by atoms with Gasteiger partial charge < -0.3 is 4.90 Å². The van der Waals surface area contributed by atoms with Gasteiger partial charge in [-0.15, -0.1) is 23.1 Å². The molecule has 0 unspecified atom stereocenters. The third kappa shape index (κ3) is 4.34. The highest BCUT2D eigenvalue weighted by Gasteiger charge is 2.28. The number of hydrogen-bond donors (Lipinski definition) is 1. The largest absolute Gasteiger partial charge is 0.328 e. The summed E-state index contributed by atoms with van der Waals surface area (Å²) in [6.07, 6.45) is 13.4. The fraction of sp³-hybridized carbons (Fsp3) is 0.400. The normalized spacial score (nSPS) is 19.7. The predicted molar refractivity (Wildman–Crippen MR) is 134 cm³/mol. The Kier molecular flexibility index (Phi) is 5.82. The average molecular weight is 491 g/mol. The summed E-state index contributed by atoms with van der Waals surface area (Å²) < 4.78 is 1.09. The van der Waals surface area contributed by atoms with Crippen molar-refractivity contribution in [3.8, 4) is 0 Å². The molecular weight excluding hydrogens is 464 g/mol. The number of benzene rings is 1. The number of aromatic amines is 1. The third-order valence-corrected chi connectivity index (χ3v) is 8.71. The first kappa shape index (κ1) is 21.7. The van der Waals surface area contributed by atoms with Crippen LogP contribution in [0.3, 0.4) is 0 Å². The SMILES string of the molecule is CSc1cnc(C[C@H]2CC[C@H](Cc3nc4ccc(C(=O)N5Cc6cn[nH]c6C5)cc4s3)C2)nc1. The first-order chi connectivity index (χ1) is 16.6. The van der Waals surface area contributed by atoms with Crippen molar-refractivity contribution in [1.29, 1.82) is 0 Å². The zero-order valence-electron chi connectivity index (χ0n) is 19.0. The molecule has 1 N–H and O–H groups in total. The van der Waals surface area contributed by atoms with Crippen molar-refractivity contribution in [3.05, 3.63) is 64.4 Å². The second-order valence-corrected chi connectivity index (χ2v) is 11.3. The number of nitrogens with one attached hydrogen (secondary N) is 1. The van der Waals surface area contributed by atoms with E-state index in [-0.39, 0.29) is 5.91 Å². The van der Waals surface area contributed by atoms with Crippen LogP contribution in [0.2, 0.25) is 0 Å². The van der Waals surface area contributed by atoms with Gasteiger partial charge in [0.15, 0.2) is 0 Å². The van der Waals surface area contributed by atoms with E-state index in [0.29, 0.717) is 24.9 Å². The van der Waals surface area contributed by atoms with Crippen LogP contribution in [0, 0.1) is 11.8 Å². The van der Waals surface area contributed by atoms with Crippen LogP contribution in [0.5, 0.6) is 0 Å². The number of aromatic nitrogens is 5. The van der Waals surface area contributed by atoms with Crippen molar-refractivity contribution in [1.82, 2.24) is 30.0 Å². The van der Waals surface area contributed by atoms with E-state index in [1.807, 2.05) is 47.9 Å². The molecule has 9 heteroatoms. The molecule has 1 fully saturated rings. The molecule has 3 aromatic heterocycles. The van der Waals surface area contributed by atoms with Crippen molar-refractivity contribution >= 4 is 39.2 Å². The molecule has 1 aliphatic carbocycles. The Morgan fingerprint density at radius 2 is 1.97 bits per heavy atom. The Balaban J connectivity index is 1.08. The van der Waals surface area contributed by atoms with Crippen LogP contribution in [0.15, 0.2) is 41.7 Å². The van der Waals surface area contributed by atoms with E-state index in [0.717, 1.165) is 50.6 Å². The lowest BCUT2D eigenvalue weighted by Gasteiger charge is -2.15. The minimum atomic E-state index is 0.0628. The van der Waals surface area contributed by atoms with E-state index in [1.165, 1.54) is 24.3 Å². The Morgan fingerprint density at radius 1 is 1.15 bits per heavy atom. The lowest BCUT2D eigenvalue weighted by Crippen LogP contribution is -2.25. The van der Waals surface area contributed by atoms with Crippen molar-refractivity contribution < 1.29 is 4.79 Å². The zero-order valence-corrected chi connectivity index (χ0v) is 20.7. The van der Waals surface area contributed by atoms with Crippen molar-refractivity contribution in [2.75, 3.05) is 6.26 Å². The molecule has 2 aliphatic rings. The average Bonchev–Trinajstić information content (AvgIpc) is 3.62. The van der Waals surface area contributed by atoms with Gasteiger partial charge in [-0.05, 0) is 55.6 Å². The van der Waals surface area contributed by atoms with Crippen LogP contribution < -0.4 is 0 Å². The first-order valence-electron chi connectivity index (χ1n) is 11.7. The number of hydrogen-bond acceptors (Lipinski definition) is 7. The van der Waals surface area contributed by atoms with E-state index < -0.39 is 0 Å². The quantitative estimate of drug-likeness (QED) is 0.387. The number of amides is 1. The minimum absolute atomic E-state index is 0.0628. The molecule has 0 bridgehead atoms. The molecule has 1 aliphatic heterocycles. The molecule has 0 spiro atoms. The van der Waals surface area contributed by atoms with Gasteiger partial charge in [0.05, 0.1) is 33.7 Å². The summed E-state index contributed by atoms with van der Waals surface area (Å²) in [5.41, 5.74) is 3.86. The maximum Gasteiger partial charge on any atom is 0.254 e. The fourth-order valence-electron chi connectivity index (χ4n) is 5.19. The van der Waals surface area contributed by atoms with E-state index in [4.69, 9.17) is 4.98 Å². The molecule has 34 heavy (non-hydrogen) atoms. The second kappa shape index (κ2) is 9.11. The summed E-state index contributed by atoms with van der Waals surface area (Å²) >= 11 is 3.41. The summed E-state index contributed by atoms with van der Waals surface area (Å²) in [5, 5.41) is 8.21. The summed E-state index contributed by atoms with van der Waals surface area (Å²) in [6, 6.07) is 5.91. The Hall–Kier alpha value is -2.78. The molecule has 0 saturated heterocycles. The molecule has 4 aromatic rings. The molecule has 0 radical (unpaired) electrons. The van der Waals surface area contributed by atoms with Crippen molar-refractivity contribution in [2.45, 2.75) is 50.1 Å². The van der Waals surface area contributed by atoms with Gasteiger partial charge in [-0.25, -0.2) is 15.0 Å². The van der Waals surface area contributed by atoms with Gasteiger partial charge >= 0.3 is 0 Å². The number of thioether (sulfide) groups is 1. The number of fused-ring (bicyclic) bond motifs is 2. The van der Waals surface area contributed by atoms with Crippen LogP contribution >= 0.6 is 23.1 Å².